The van der Waals surface area contributed by atoms with Crippen molar-refractivity contribution >= 4 is 12.2 Å². The Hall–Kier alpha value is -3.20. The van der Waals surface area contributed by atoms with Crippen LogP contribution in [-0.4, -0.2) is 19.2 Å². The van der Waals surface area contributed by atoms with Crippen LogP contribution >= 0.6 is 0 Å². The van der Waals surface area contributed by atoms with Crippen molar-refractivity contribution in [2.45, 2.75) is 0 Å². The second kappa shape index (κ2) is 6.92. The van der Waals surface area contributed by atoms with Crippen molar-refractivity contribution in [3.63, 3.8) is 0 Å². The summed E-state index contributed by atoms with van der Waals surface area (Å²) in [6.45, 7) is 0. The van der Waals surface area contributed by atoms with Crippen molar-refractivity contribution < 1.29 is 9.59 Å². The van der Waals surface area contributed by atoms with E-state index in [2.05, 4.69) is 5.32 Å². The summed E-state index contributed by atoms with van der Waals surface area (Å²) in [7, 11) is 1.61. The summed E-state index contributed by atoms with van der Waals surface area (Å²) in [6, 6.07) is 22.8. The lowest BCUT2D eigenvalue weighted by Gasteiger charge is -2.11. The molecule has 0 saturated heterocycles. The van der Waals surface area contributed by atoms with E-state index in [1.54, 1.807) is 13.1 Å². The first-order chi connectivity index (χ1) is 11.7. The molecule has 0 unspecified atom stereocenters. The summed E-state index contributed by atoms with van der Waals surface area (Å²) in [5.41, 5.74) is 4.71. The van der Waals surface area contributed by atoms with Crippen LogP contribution in [0, 0.1) is 0 Å². The number of amides is 1. The zero-order chi connectivity index (χ0) is 16.9. The predicted molar refractivity (Wildman–Crippen MR) is 96.1 cm³/mol. The third kappa shape index (κ3) is 2.97. The molecule has 1 N–H and O–H groups in total. The molecule has 24 heavy (non-hydrogen) atoms. The molecule has 0 radical (unpaired) electrons. The molecule has 0 heterocycles. The largest absolute Gasteiger partial charge is 0.355 e. The van der Waals surface area contributed by atoms with E-state index in [0.717, 1.165) is 28.5 Å². The minimum Gasteiger partial charge on any atom is -0.355 e. The molecular weight excluding hydrogens is 298 g/mol. The Kier molecular flexibility index (Phi) is 4.52. The molecule has 3 aromatic rings. The van der Waals surface area contributed by atoms with Gasteiger partial charge in [0.1, 0.15) is 0 Å². The number of carbonyl (C=O) groups is 2. The molecule has 0 aromatic heterocycles. The first-order valence-electron chi connectivity index (χ1n) is 7.70. The van der Waals surface area contributed by atoms with Gasteiger partial charge in [-0.25, -0.2) is 0 Å². The Morgan fingerprint density at radius 1 is 0.833 bits per heavy atom. The predicted octanol–water partition coefficient (Wildman–Crippen LogP) is 4.19. The lowest BCUT2D eigenvalue weighted by atomic mass is 9.93. The van der Waals surface area contributed by atoms with Crippen molar-refractivity contribution in [2.24, 2.45) is 0 Å². The number of hydrogen-bond donors (Lipinski definition) is 1. The second-order valence-corrected chi connectivity index (χ2v) is 5.41. The van der Waals surface area contributed by atoms with Crippen LogP contribution in [0.1, 0.15) is 20.7 Å². The van der Waals surface area contributed by atoms with Crippen LogP contribution in [0.25, 0.3) is 22.3 Å². The molecule has 0 aliphatic rings. The average Bonchev–Trinajstić information content (AvgIpc) is 2.67. The average molecular weight is 315 g/mol. The van der Waals surface area contributed by atoms with Gasteiger partial charge in [-0.05, 0) is 34.4 Å². The van der Waals surface area contributed by atoms with Gasteiger partial charge in [-0.2, -0.15) is 0 Å². The molecule has 0 aliphatic heterocycles. The summed E-state index contributed by atoms with van der Waals surface area (Å²) in [5.74, 6) is -0.148. The van der Waals surface area contributed by atoms with Crippen molar-refractivity contribution in [1.29, 1.82) is 0 Å². The van der Waals surface area contributed by atoms with Gasteiger partial charge < -0.3 is 5.32 Å². The molecule has 118 valence electrons. The zero-order valence-corrected chi connectivity index (χ0v) is 13.3. The number of nitrogens with one attached hydrogen (secondary N) is 1. The van der Waals surface area contributed by atoms with Crippen LogP contribution in [0.3, 0.4) is 0 Å². The molecule has 3 aromatic carbocycles. The molecular formula is C21H17NO2. The molecule has 0 atom stereocenters. The van der Waals surface area contributed by atoms with E-state index in [1.165, 1.54) is 0 Å². The normalized spacial score (nSPS) is 10.2. The number of rotatable bonds is 4. The Morgan fingerprint density at radius 2 is 1.54 bits per heavy atom. The summed E-state index contributed by atoms with van der Waals surface area (Å²) in [5, 5.41) is 2.65. The summed E-state index contributed by atoms with van der Waals surface area (Å²) < 4.78 is 0. The van der Waals surface area contributed by atoms with E-state index in [1.807, 2.05) is 66.7 Å². The molecule has 0 bridgehead atoms. The van der Waals surface area contributed by atoms with Gasteiger partial charge in [0.05, 0.1) is 0 Å². The molecule has 0 aliphatic carbocycles. The van der Waals surface area contributed by atoms with Crippen LogP contribution in [-0.2, 0) is 0 Å². The molecule has 3 nitrogen and oxygen atoms in total. The van der Waals surface area contributed by atoms with Crippen molar-refractivity contribution in [3.05, 3.63) is 83.9 Å². The van der Waals surface area contributed by atoms with Crippen LogP contribution in [0.15, 0.2) is 72.8 Å². The Morgan fingerprint density at radius 3 is 2.25 bits per heavy atom. The topological polar surface area (TPSA) is 46.2 Å². The molecule has 3 heteroatoms. The van der Waals surface area contributed by atoms with Gasteiger partial charge in [0.2, 0.25) is 0 Å². The van der Waals surface area contributed by atoms with Gasteiger partial charge in [0.15, 0.2) is 6.29 Å². The van der Waals surface area contributed by atoms with E-state index < -0.39 is 0 Å². The smallest absolute Gasteiger partial charge is 0.251 e. The Labute approximate surface area is 141 Å². The number of carbonyl (C=O) groups excluding carboxylic acids is 2. The molecule has 3 rings (SSSR count). The van der Waals surface area contributed by atoms with Crippen LogP contribution in [0.4, 0.5) is 0 Å². The zero-order valence-electron chi connectivity index (χ0n) is 13.3. The van der Waals surface area contributed by atoms with Gasteiger partial charge in [0, 0.05) is 18.2 Å². The van der Waals surface area contributed by atoms with Crippen molar-refractivity contribution in [1.82, 2.24) is 5.32 Å². The van der Waals surface area contributed by atoms with Crippen LogP contribution < -0.4 is 5.32 Å². The number of benzene rings is 3. The number of hydrogen-bond acceptors (Lipinski definition) is 2. The highest BCUT2D eigenvalue weighted by molar-refractivity contribution is 6.01. The highest BCUT2D eigenvalue weighted by atomic mass is 16.1. The Bertz CT molecular complexity index is 885. The first kappa shape index (κ1) is 15.7. The van der Waals surface area contributed by atoms with Crippen molar-refractivity contribution in [2.75, 3.05) is 7.05 Å². The third-order valence-corrected chi connectivity index (χ3v) is 3.97. The Balaban J connectivity index is 2.12. The van der Waals surface area contributed by atoms with Gasteiger partial charge >= 0.3 is 0 Å². The summed E-state index contributed by atoms with van der Waals surface area (Å²) >= 11 is 0. The molecule has 0 fully saturated rings. The lowest BCUT2D eigenvalue weighted by molar-refractivity contribution is 0.0963. The maximum Gasteiger partial charge on any atom is 0.251 e. The van der Waals surface area contributed by atoms with Crippen LogP contribution in [0.5, 0.6) is 0 Å². The molecule has 1 amide bonds. The van der Waals surface area contributed by atoms with E-state index in [0.29, 0.717) is 11.1 Å². The minimum absolute atomic E-state index is 0.148. The highest BCUT2D eigenvalue weighted by Crippen LogP contribution is 2.30. The summed E-state index contributed by atoms with van der Waals surface area (Å²) in [6.07, 6.45) is 0.855. The lowest BCUT2D eigenvalue weighted by Crippen LogP contribution is -2.18. The van der Waals surface area contributed by atoms with E-state index >= 15 is 0 Å². The highest BCUT2D eigenvalue weighted by Gasteiger charge is 2.13. The SMILES string of the molecule is CNC(=O)c1ccccc1-c1ccc(-c2ccccc2)c(C=O)c1. The fourth-order valence-corrected chi connectivity index (χ4v) is 2.78. The van der Waals surface area contributed by atoms with Crippen molar-refractivity contribution in [3.8, 4) is 22.3 Å². The summed E-state index contributed by atoms with van der Waals surface area (Å²) in [4.78, 5) is 23.6. The standard InChI is InChI=1S/C21H17NO2/c1-22-21(24)20-10-6-5-9-19(20)16-11-12-18(17(13-16)14-23)15-7-3-2-4-8-15/h2-14H,1H3,(H,22,24). The third-order valence-electron chi connectivity index (χ3n) is 3.97. The van der Waals surface area contributed by atoms with Gasteiger partial charge in [-0.15, -0.1) is 0 Å². The minimum atomic E-state index is -0.148. The molecule has 0 saturated carbocycles. The maximum atomic E-state index is 12.1. The monoisotopic (exact) mass is 315 g/mol. The van der Waals surface area contributed by atoms with Gasteiger partial charge in [-0.3, -0.25) is 9.59 Å². The van der Waals surface area contributed by atoms with Crippen LogP contribution in [0.2, 0.25) is 0 Å². The van der Waals surface area contributed by atoms with Gasteiger partial charge in [0.25, 0.3) is 5.91 Å². The first-order valence-corrected chi connectivity index (χ1v) is 7.70. The van der Waals surface area contributed by atoms with E-state index in [4.69, 9.17) is 0 Å². The molecule has 0 spiro atoms. The van der Waals surface area contributed by atoms with E-state index in [-0.39, 0.29) is 5.91 Å². The van der Waals surface area contributed by atoms with Gasteiger partial charge in [-0.1, -0.05) is 60.7 Å². The maximum absolute atomic E-state index is 12.1. The quantitative estimate of drug-likeness (QED) is 0.734. The van der Waals surface area contributed by atoms with E-state index in [9.17, 15) is 9.59 Å². The number of aldehydes is 1. The fraction of sp³-hybridized carbons (Fsp3) is 0.0476. The second-order valence-electron chi connectivity index (χ2n) is 5.41. The fourth-order valence-electron chi connectivity index (χ4n) is 2.78.